The first-order chi connectivity index (χ1) is 8.90. The monoisotopic (exact) mass is 284 g/mol. The third-order valence-corrected chi connectivity index (χ3v) is 2.91. The smallest absolute Gasteiger partial charge is 0.394 e. The minimum Gasteiger partial charge on any atom is -0.474 e. The molecule has 0 aliphatic rings. The van der Waals surface area contributed by atoms with Crippen molar-refractivity contribution in [1.29, 1.82) is 0 Å². The Morgan fingerprint density at radius 2 is 1.85 bits per heavy atom. The Morgan fingerprint density at radius 1 is 1.20 bits per heavy atom. The molecule has 0 atom stereocenters. The van der Waals surface area contributed by atoms with Crippen LogP contribution in [-0.2, 0) is 9.59 Å². The fourth-order valence-corrected chi connectivity index (χ4v) is 1.71. The molecule has 0 bridgehead atoms. The molecule has 0 fully saturated rings. The summed E-state index contributed by atoms with van der Waals surface area (Å²) in [4.78, 5) is 33.0. The normalized spacial score (nSPS) is 9.90. The van der Waals surface area contributed by atoms with Crippen molar-refractivity contribution in [3.63, 3.8) is 0 Å². The Balaban J connectivity index is 0.00000200. The Hall–Kier alpha value is -1.63. The molecule has 0 aliphatic heterocycles. The zero-order chi connectivity index (χ0) is 14.2. The molecule has 7 heteroatoms. The number of hydrogen-bond acceptors (Lipinski definition) is 4. The second kappa shape index (κ2) is 6.21. The van der Waals surface area contributed by atoms with E-state index in [1.54, 1.807) is 26.0 Å². The van der Waals surface area contributed by atoms with Gasteiger partial charge in [0.2, 0.25) is 0 Å². The molecule has 20 heavy (non-hydrogen) atoms. The van der Waals surface area contributed by atoms with Gasteiger partial charge in [-0.3, -0.25) is 4.79 Å². The van der Waals surface area contributed by atoms with Crippen LogP contribution in [0.1, 0.15) is 11.1 Å². The van der Waals surface area contributed by atoms with Gasteiger partial charge in [0.25, 0.3) is 0 Å². The van der Waals surface area contributed by atoms with Crippen LogP contribution in [0.3, 0.4) is 0 Å². The third kappa shape index (κ3) is 3.09. The molecule has 2 aromatic rings. The van der Waals surface area contributed by atoms with Gasteiger partial charge in [0.1, 0.15) is 5.58 Å². The summed E-state index contributed by atoms with van der Waals surface area (Å²) in [5.41, 5.74) is 1.42. The topological polar surface area (TPSA) is 96.6 Å². The predicted molar refractivity (Wildman–Crippen MR) is 74.0 cm³/mol. The molecular formula is C13H11NNaO5. The number of carboxylic acids is 1. The Labute approximate surface area is 136 Å². The number of carboxylic acid groups (broad SMARTS) is 1. The van der Waals surface area contributed by atoms with Crippen molar-refractivity contribution < 1.29 is 19.1 Å². The second-order valence-electron chi connectivity index (χ2n) is 4.11. The molecule has 1 heterocycles. The molecule has 1 amide bonds. The van der Waals surface area contributed by atoms with Crippen molar-refractivity contribution in [3.8, 4) is 0 Å². The zero-order valence-electron chi connectivity index (χ0n) is 11.3. The van der Waals surface area contributed by atoms with Crippen LogP contribution in [0.15, 0.2) is 27.4 Å². The van der Waals surface area contributed by atoms with Crippen LogP contribution >= 0.6 is 0 Å². The number of carbonyl (C=O) groups excluding carboxylic acids is 1. The molecule has 2 rings (SSSR count). The number of anilines is 1. The number of rotatable bonds is 1. The van der Waals surface area contributed by atoms with Crippen LogP contribution in [0, 0.1) is 13.8 Å². The molecule has 1 aromatic heterocycles. The maximum atomic E-state index is 11.5. The summed E-state index contributed by atoms with van der Waals surface area (Å²) in [7, 11) is 0. The average Bonchev–Trinajstić information content (AvgIpc) is 2.35. The second-order valence-corrected chi connectivity index (χ2v) is 4.11. The third-order valence-electron chi connectivity index (χ3n) is 2.91. The van der Waals surface area contributed by atoms with E-state index in [1.165, 1.54) is 6.07 Å². The maximum Gasteiger partial charge on any atom is 0.394 e. The van der Waals surface area contributed by atoms with E-state index < -0.39 is 17.5 Å². The zero-order valence-corrected chi connectivity index (χ0v) is 13.3. The van der Waals surface area contributed by atoms with Gasteiger partial charge in [-0.15, -0.1) is 0 Å². The van der Waals surface area contributed by atoms with E-state index in [0.29, 0.717) is 11.1 Å². The fourth-order valence-electron chi connectivity index (χ4n) is 1.71. The molecule has 1 aromatic carbocycles. The van der Waals surface area contributed by atoms with E-state index in [4.69, 9.17) is 9.52 Å². The quantitative estimate of drug-likeness (QED) is 0.463. The minimum atomic E-state index is -1.58. The Kier molecular flexibility index (Phi) is 5.10. The number of nitrogens with one attached hydrogen (secondary N) is 1. The summed E-state index contributed by atoms with van der Waals surface area (Å²) in [5, 5.41) is 11.4. The van der Waals surface area contributed by atoms with Gasteiger partial charge in [0.15, 0.2) is 0 Å². The largest absolute Gasteiger partial charge is 0.474 e. The van der Waals surface area contributed by atoms with Gasteiger partial charge in [-0.05, 0) is 31.5 Å². The molecule has 0 unspecified atom stereocenters. The van der Waals surface area contributed by atoms with Gasteiger partial charge in [-0.1, -0.05) is 0 Å². The fraction of sp³-hybridized carbons (Fsp3) is 0.154. The number of hydrogen-bond donors (Lipinski definition) is 2. The van der Waals surface area contributed by atoms with Gasteiger partial charge in [-0.2, -0.15) is 0 Å². The number of benzene rings is 1. The van der Waals surface area contributed by atoms with Gasteiger partial charge >= 0.3 is 17.5 Å². The van der Waals surface area contributed by atoms with Crippen LogP contribution in [-0.4, -0.2) is 46.5 Å². The summed E-state index contributed by atoms with van der Waals surface area (Å²) >= 11 is 0. The first-order valence-corrected chi connectivity index (χ1v) is 5.48. The predicted octanol–water partition coefficient (Wildman–Crippen LogP) is 1.05. The van der Waals surface area contributed by atoms with Crippen molar-refractivity contribution in [1.82, 2.24) is 0 Å². The van der Waals surface area contributed by atoms with E-state index in [-0.39, 0.29) is 35.2 Å². The number of fused-ring (bicyclic) bond motifs is 1. The Bertz CT molecular complexity index is 750. The van der Waals surface area contributed by atoms with Gasteiger partial charge < -0.3 is 14.8 Å². The summed E-state index contributed by atoms with van der Waals surface area (Å²) in [6.07, 6.45) is 0. The van der Waals surface area contributed by atoms with E-state index in [0.717, 1.165) is 10.9 Å². The number of carbonyl (C=O) groups is 2. The molecule has 2 N–H and O–H groups in total. The summed E-state index contributed by atoms with van der Waals surface area (Å²) in [6.45, 7) is 3.46. The van der Waals surface area contributed by atoms with E-state index >= 15 is 0 Å². The van der Waals surface area contributed by atoms with Gasteiger partial charge in [0, 0.05) is 52.3 Å². The first-order valence-electron chi connectivity index (χ1n) is 5.48. The van der Waals surface area contributed by atoms with Crippen molar-refractivity contribution in [3.05, 3.63) is 39.7 Å². The molecule has 6 nitrogen and oxygen atoms in total. The number of aliphatic carboxylic acids is 1. The van der Waals surface area contributed by atoms with Crippen LogP contribution in [0.4, 0.5) is 5.69 Å². The summed E-state index contributed by atoms with van der Waals surface area (Å²) < 4.78 is 5.10. The average molecular weight is 284 g/mol. The van der Waals surface area contributed by atoms with Gasteiger partial charge in [-0.25, -0.2) is 9.59 Å². The SMILES string of the molecule is Cc1c(C)c2ccc(NC(=O)C(=O)O)cc2oc1=O.[Na]. The van der Waals surface area contributed by atoms with Crippen molar-refractivity contribution >= 4 is 58.1 Å². The van der Waals surface area contributed by atoms with Crippen LogP contribution in [0.25, 0.3) is 11.0 Å². The maximum absolute atomic E-state index is 11.5. The molecular weight excluding hydrogens is 273 g/mol. The van der Waals surface area contributed by atoms with Crippen LogP contribution < -0.4 is 10.9 Å². The molecule has 99 valence electrons. The number of amides is 1. The minimum absolute atomic E-state index is 0. The molecule has 1 radical (unpaired) electrons. The van der Waals surface area contributed by atoms with E-state index in [1.807, 2.05) is 0 Å². The van der Waals surface area contributed by atoms with E-state index in [2.05, 4.69) is 5.32 Å². The molecule has 0 saturated heterocycles. The van der Waals surface area contributed by atoms with Crippen molar-refractivity contribution in [2.75, 3.05) is 5.32 Å². The first kappa shape index (κ1) is 16.4. The number of aryl methyl sites for hydroxylation is 1. The van der Waals surface area contributed by atoms with Crippen molar-refractivity contribution in [2.45, 2.75) is 13.8 Å². The molecule has 0 spiro atoms. The van der Waals surface area contributed by atoms with Crippen LogP contribution in [0.2, 0.25) is 0 Å². The van der Waals surface area contributed by atoms with Crippen molar-refractivity contribution in [2.24, 2.45) is 0 Å². The standard InChI is InChI=1S/C13H11NO5.Na/c1-6-7(2)13(18)19-10-5-8(3-4-9(6)10)14-11(15)12(16)17;/h3-5H,1-2H3,(H,14,15)(H,16,17);. The van der Waals surface area contributed by atoms with Crippen LogP contribution in [0.5, 0.6) is 0 Å². The van der Waals surface area contributed by atoms with Gasteiger partial charge in [0.05, 0.1) is 0 Å². The Morgan fingerprint density at radius 3 is 2.45 bits per heavy atom. The molecule has 0 saturated carbocycles. The van der Waals surface area contributed by atoms with E-state index in [9.17, 15) is 14.4 Å². The summed E-state index contributed by atoms with van der Waals surface area (Å²) in [6, 6.07) is 4.64. The summed E-state index contributed by atoms with van der Waals surface area (Å²) in [5.74, 6) is -2.73. The molecule has 0 aliphatic carbocycles.